The van der Waals surface area contributed by atoms with E-state index in [0.717, 1.165) is 0 Å². The van der Waals surface area contributed by atoms with Gasteiger partial charge in [0.2, 0.25) is 0 Å². The predicted octanol–water partition coefficient (Wildman–Crippen LogP) is 3.01. The molecular formula is C12H11F3O3. The zero-order chi connectivity index (χ0) is 13.2. The standard InChI is InChI=1S/C12H11F3O3/c13-12(14,15)18-10-4-2-1-3-9(10)8-5-6-17-11(16)7-8/h1-4,8H,5-7H2. The van der Waals surface area contributed by atoms with Crippen LogP contribution in [0.25, 0.3) is 0 Å². The lowest BCUT2D eigenvalue weighted by molar-refractivity contribution is -0.275. The second kappa shape index (κ2) is 4.88. The zero-order valence-corrected chi connectivity index (χ0v) is 9.37. The topological polar surface area (TPSA) is 35.5 Å². The van der Waals surface area contributed by atoms with E-state index in [0.29, 0.717) is 12.0 Å². The first kappa shape index (κ1) is 12.7. The van der Waals surface area contributed by atoms with Crippen molar-refractivity contribution < 1.29 is 27.4 Å². The van der Waals surface area contributed by atoms with E-state index < -0.39 is 12.3 Å². The minimum Gasteiger partial charge on any atom is -0.466 e. The lowest BCUT2D eigenvalue weighted by atomic mass is 9.91. The third-order valence-electron chi connectivity index (χ3n) is 2.73. The lowest BCUT2D eigenvalue weighted by Crippen LogP contribution is -2.22. The normalized spacial score (nSPS) is 20.4. The van der Waals surface area contributed by atoms with Gasteiger partial charge in [-0.1, -0.05) is 18.2 Å². The number of cyclic esters (lactones) is 1. The molecular weight excluding hydrogens is 249 g/mol. The number of carbonyl (C=O) groups is 1. The van der Waals surface area contributed by atoms with E-state index in [2.05, 4.69) is 4.74 Å². The maximum atomic E-state index is 12.3. The summed E-state index contributed by atoms with van der Waals surface area (Å²) in [5.41, 5.74) is 0.395. The smallest absolute Gasteiger partial charge is 0.466 e. The number of ether oxygens (including phenoxy) is 2. The quantitative estimate of drug-likeness (QED) is 0.767. The van der Waals surface area contributed by atoms with Crippen LogP contribution in [0.3, 0.4) is 0 Å². The number of carbonyl (C=O) groups excluding carboxylic acids is 1. The summed E-state index contributed by atoms with van der Waals surface area (Å²) in [6.07, 6.45) is -4.15. The van der Waals surface area contributed by atoms with Crippen LogP contribution < -0.4 is 4.74 Å². The molecule has 3 nitrogen and oxygen atoms in total. The molecule has 1 fully saturated rings. The van der Waals surface area contributed by atoms with Gasteiger partial charge < -0.3 is 9.47 Å². The van der Waals surface area contributed by atoms with Crippen molar-refractivity contribution in [2.24, 2.45) is 0 Å². The third-order valence-corrected chi connectivity index (χ3v) is 2.73. The van der Waals surface area contributed by atoms with Crippen molar-refractivity contribution >= 4 is 5.97 Å². The monoisotopic (exact) mass is 260 g/mol. The summed E-state index contributed by atoms with van der Waals surface area (Å²) in [6, 6.07) is 5.89. The molecule has 1 heterocycles. The second-order valence-electron chi connectivity index (χ2n) is 4.00. The van der Waals surface area contributed by atoms with Gasteiger partial charge in [0.05, 0.1) is 13.0 Å². The van der Waals surface area contributed by atoms with E-state index in [1.54, 1.807) is 12.1 Å². The average Bonchev–Trinajstić information content (AvgIpc) is 2.27. The Bertz CT molecular complexity index is 442. The van der Waals surface area contributed by atoms with Crippen molar-refractivity contribution in [2.45, 2.75) is 25.1 Å². The molecule has 1 aromatic carbocycles. The number of esters is 1. The second-order valence-corrected chi connectivity index (χ2v) is 4.00. The Morgan fingerprint density at radius 3 is 2.67 bits per heavy atom. The van der Waals surface area contributed by atoms with Gasteiger partial charge in [-0.3, -0.25) is 4.79 Å². The van der Waals surface area contributed by atoms with Crippen molar-refractivity contribution in [3.63, 3.8) is 0 Å². The molecule has 1 atom stereocenters. The molecule has 1 aliphatic rings. The molecule has 0 aromatic heterocycles. The molecule has 1 unspecified atom stereocenters. The molecule has 0 bridgehead atoms. The van der Waals surface area contributed by atoms with Gasteiger partial charge in [0, 0.05) is 5.92 Å². The Morgan fingerprint density at radius 2 is 2.00 bits per heavy atom. The Hall–Kier alpha value is -1.72. The van der Waals surface area contributed by atoms with E-state index >= 15 is 0 Å². The van der Waals surface area contributed by atoms with Gasteiger partial charge in [0.1, 0.15) is 5.75 Å². The minimum absolute atomic E-state index is 0.0816. The van der Waals surface area contributed by atoms with E-state index in [-0.39, 0.29) is 24.7 Å². The van der Waals surface area contributed by atoms with Gasteiger partial charge in [0.25, 0.3) is 0 Å². The van der Waals surface area contributed by atoms with Crippen LogP contribution in [0.15, 0.2) is 24.3 Å². The van der Waals surface area contributed by atoms with Crippen LogP contribution in [0.4, 0.5) is 13.2 Å². The van der Waals surface area contributed by atoms with Crippen LogP contribution in [-0.2, 0) is 9.53 Å². The fourth-order valence-corrected chi connectivity index (χ4v) is 1.98. The van der Waals surface area contributed by atoms with Crippen molar-refractivity contribution in [2.75, 3.05) is 6.61 Å². The maximum absolute atomic E-state index is 12.3. The fourth-order valence-electron chi connectivity index (χ4n) is 1.98. The number of halogens is 3. The summed E-state index contributed by atoms with van der Waals surface area (Å²) < 4.78 is 45.5. The summed E-state index contributed by atoms with van der Waals surface area (Å²) in [7, 11) is 0. The first-order valence-corrected chi connectivity index (χ1v) is 5.46. The van der Waals surface area contributed by atoms with Crippen LogP contribution in [0.1, 0.15) is 24.3 Å². The molecule has 1 saturated heterocycles. The third kappa shape index (κ3) is 3.15. The number of hydrogen-bond acceptors (Lipinski definition) is 3. The van der Waals surface area contributed by atoms with Crippen molar-refractivity contribution in [3.05, 3.63) is 29.8 Å². The van der Waals surface area contributed by atoms with Crippen molar-refractivity contribution in [1.82, 2.24) is 0 Å². The fraction of sp³-hybridized carbons (Fsp3) is 0.417. The Kier molecular flexibility index (Phi) is 3.45. The molecule has 0 amide bonds. The van der Waals surface area contributed by atoms with E-state index in [1.807, 2.05) is 0 Å². The van der Waals surface area contributed by atoms with E-state index in [1.165, 1.54) is 12.1 Å². The highest BCUT2D eigenvalue weighted by Crippen LogP contribution is 2.36. The zero-order valence-electron chi connectivity index (χ0n) is 9.37. The molecule has 0 saturated carbocycles. The molecule has 18 heavy (non-hydrogen) atoms. The number of hydrogen-bond donors (Lipinski definition) is 0. The molecule has 1 aromatic rings. The summed E-state index contributed by atoms with van der Waals surface area (Å²) >= 11 is 0. The summed E-state index contributed by atoms with van der Waals surface area (Å²) in [5.74, 6) is -0.928. The molecule has 2 rings (SSSR count). The van der Waals surface area contributed by atoms with E-state index in [4.69, 9.17) is 4.74 Å². The summed E-state index contributed by atoms with van der Waals surface area (Å²) in [5, 5.41) is 0. The highest BCUT2D eigenvalue weighted by molar-refractivity contribution is 5.71. The average molecular weight is 260 g/mol. The lowest BCUT2D eigenvalue weighted by Gasteiger charge is -2.23. The largest absolute Gasteiger partial charge is 0.573 e. The first-order valence-electron chi connectivity index (χ1n) is 5.46. The highest BCUT2D eigenvalue weighted by Gasteiger charge is 2.33. The molecule has 0 radical (unpaired) electrons. The van der Waals surface area contributed by atoms with Crippen molar-refractivity contribution in [1.29, 1.82) is 0 Å². The maximum Gasteiger partial charge on any atom is 0.573 e. The van der Waals surface area contributed by atoms with Gasteiger partial charge in [-0.15, -0.1) is 13.2 Å². The molecule has 1 aliphatic heterocycles. The number of benzene rings is 1. The molecule has 0 aliphatic carbocycles. The number of rotatable bonds is 2. The SMILES string of the molecule is O=C1CC(c2ccccc2OC(F)(F)F)CCO1. The van der Waals surface area contributed by atoms with Gasteiger partial charge >= 0.3 is 12.3 Å². The van der Waals surface area contributed by atoms with Gasteiger partial charge in [-0.05, 0) is 18.1 Å². The Labute approximate surface area is 102 Å². The van der Waals surface area contributed by atoms with Crippen LogP contribution in [0.2, 0.25) is 0 Å². The van der Waals surface area contributed by atoms with E-state index in [9.17, 15) is 18.0 Å². The van der Waals surface area contributed by atoms with Crippen LogP contribution in [0, 0.1) is 0 Å². The molecule has 98 valence electrons. The summed E-state index contributed by atoms with van der Waals surface area (Å²) in [6.45, 7) is 0.226. The predicted molar refractivity (Wildman–Crippen MR) is 56.1 cm³/mol. The van der Waals surface area contributed by atoms with Gasteiger partial charge in [0.15, 0.2) is 0 Å². The molecule has 0 spiro atoms. The van der Waals surface area contributed by atoms with Crippen LogP contribution in [0.5, 0.6) is 5.75 Å². The Morgan fingerprint density at radius 1 is 1.28 bits per heavy atom. The van der Waals surface area contributed by atoms with Crippen LogP contribution in [-0.4, -0.2) is 18.9 Å². The van der Waals surface area contributed by atoms with Gasteiger partial charge in [-0.25, -0.2) is 0 Å². The Balaban J connectivity index is 2.24. The van der Waals surface area contributed by atoms with Gasteiger partial charge in [-0.2, -0.15) is 0 Å². The molecule has 6 heteroatoms. The van der Waals surface area contributed by atoms with Crippen LogP contribution >= 0.6 is 0 Å². The summed E-state index contributed by atoms with van der Waals surface area (Å²) in [4.78, 5) is 11.2. The number of para-hydroxylation sites is 1. The highest BCUT2D eigenvalue weighted by atomic mass is 19.4. The first-order chi connectivity index (χ1) is 8.46. The van der Waals surface area contributed by atoms with Crippen molar-refractivity contribution in [3.8, 4) is 5.75 Å². The number of alkyl halides is 3. The molecule has 0 N–H and O–H groups in total. The minimum atomic E-state index is -4.73.